The number of methoxy groups -OCH3 is 1. The van der Waals surface area contributed by atoms with Gasteiger partial charge < -0.3 is 4.74 Å². The predicted molar refractivity (Wildman–Crippen MR) is 91.1 cm³/mol. The summed E-state index contributed by atoms with van der Waals surface area (Å²) < 4.78 is 5.11. The summed E-state index contributed by atoms with van der Waals surface area (Å²) >= 11 is 0. The smallest absolute Gasteiger partial charge is 0.323 e. The maximum atomic E-state index is 12.3. The van der Waals surface area contributed by atoms with Gasteiger partial charge >= 0.3 is 5.97 Å². The molecule has 2 aliphatic heterocycles. The van der Waals surface area contributed by atoms with E-state index in [1.54, 1.807) is 0 Å². The van der Waals surface area contributed by atoms with Crippen molar-refractivity contribution in [3.63, 3.8) is 0 Å². The molecular weight excluding hydrogens is 290 g/mol. The van der Waals surface area contributed by atoms with Gasteiger partial charge in [-0.05, 0) is 38.1 Å². The number of nitrogens with one attached hydrogen (secondary N) is 1. The minimum atomic E-state index is -0.0581. The van der Waals surface area contributed by atoms with Crippen LogP contribution in [-0.2, 0) is 9.53 Å². The second kappa shape index (κ2) is 7.95. The zero-order valence-corrected chi connectivity index (χ0v) is 14.8. The number of rotatable bonds is 5. The molecule has 1 aliphatic carbocycles. The Balaban J connectivity index is 1.68. The summed E-state index contributed by atoms with van der Waals surface area (Å²) in [4.78, 5) is 17.3. The molecule has 3 atom stereocenters. The van der Waals surface area contributed by atoms with Gasteiger partial charge in [0.25, 0.3) is 0 Å². The van der Waals surface area contributed by atoms with Crippen LogP contribution in [0.2, 0.25) is 0 Å². The van der Waals surface area contributed by atoms with Crippen LogP contribution < -0.4 is 5.32 Å². The van der Waals surface area contributed by atoms with Crippen molar-refractivity contribution in [2.45, 2.75) is 70.0 Å². The van der Waals surface area contributed by atoms with Crippen molar-refractivity contribution in [3.8, 4) is 0 Å². The number of nitrogens with zero attached hydrogens (tertiary/aromatic N) is 2. The lowest BCUT2D eigenvalue weighted by Gasteiger charge is -2.43. The van der Waals surface area contributed by atoms with Crippen LogP contribution in [0.5, 0.6) is 0 Å². The zero-order chi connectivity index (χ0) is 16.2. The normalized spacial score (nSPS) is 33.6. The monoisotopic (exact) mass is 323 g/mol. The number of hydrogen-bond donors (Lipinski definition) is 1. The quantitative estimate of drug-likeness (QED) is 0.782. The molecule has 0 aromatic carbocycles. The summed E-state index contributed by atoms with van der Waals surface area (Å²) in [6, 6.07) is 0.935. The van der Waals surface area contributed by atoms with Crippen LogP contribution in [0.3, 0.4) is 0 Å². The standard InChI is InChI=1S/C18H33N3O2/c1-3-9-20-13-19-15-10-16(18(22)23-2)21(12-17(15)20)11-14-7-5-4-6-8-14/h14-17,19H,3-13H2,1-2H3. The van der Waals surface area contributed by atoms with Crippen LogP contribution in [0.1, 0.15) is 51.9 Å². The van der Waals surface area contributed by atoms with Crippen LogP contribution in [0.25, 0.3) is 0 Å². The maximum Gasteiger partial charge on any atom is 0.323 e. The van der Waals surface area contributed by atoms with Gasteiger partial charge in [0.2, 0.25) is 0 Å². The van der Waals surface area contributed by atoms with Gasteiger partial charge in [0.15, 0.2) is 0 Å². The molecule has 0 bridgehead atoms. The van der Waals surface area contributed by atoms with Gasteiger partial charge in [-0.1, -0.05) is 26.2 Å². The second-order valence-corrected chi connectivity index (χ2v) is 7.58. The fourth-order valence-electron chi connectivity index (χ4n) is 4.80. The Kier molecular flexibility index (Phi) is 5.94. The Morgan fingerprint density at radius 2 is 2.00 bits per heavy atom. The molecule has 0 aromatic rings. The summed E-state index contributed by atoms with van der Waals surface area (Å²) in [5.41, 5.74) is 0. The van der Waals surface area contributed by atoms with Crippen molar-refractivity contribution in [1.82, 2.24) is 15.1 Å². The van der Waals surface area contributed by atoms with Crippen molar-refractivity contribution in [3.05, 3.63) is 0 Å². The highest BCUT2D eigenvalue weighted by Gasteiger charge is 2.44. The maximum absolute atomic E-state index is 12.3. The molecule has 0 spiro atoms. The fraction of sp³-hybridized carbons (Fsp3) is 0.944. The number of piperidine rings is 1. The first-order chi connectivity index (χ1) is 11.2. The van der Waals surface area contributed by atoms with Crippen LogP contribution in [-0.4, -0.2) is 67.3 Å². The highest BCUT2D eigenvalue weighted by molar-refractivity contribution is 5.76. The van der Waals surface area contributed by atoms with Crippen molar-refractivity contribution in [1.29, 1.82) is 0 Å². The summed E-state index contributed by atoms with van der Waals surface area (Å²) in [5.74, 6) is 0.719. The van der Waals surface area contributed by atoms with E-state index in [-0.39, 0.29) is 12.0 Å². The number of likely N-dealkylation sites (tertiary alicyclic amines) is 1. The SMILES string of the molecule is CCCN1CNC2CC(C(=O)OC)N(CC3CCCCC3)CC21. The topological polar surface area (TPSA) is 44.8 Å². The molecule has 3 unspecified atom stereocenters. The van der Waals surface area contributed by atoms with E-state index in [0.717, 1.165) is 38.6 Å². The number of hydrogen-bond acceptors (Lipinski definition) is 5. The van der Waals surface area contributed by atoms with E-state index in [9.17, 15) is 4.79 Å². The highest BCUT2D eigenvalue weighted by atomic mass is 16.5. The third-order valence-electron chi connectivity index (χ3n) is 6.03. The number of carbonyl (C=O) groups excluding carboxylic acids is 1. The molecule has 132 valence electrons. The minimum Gasteiger partial charge on any atom is -0.468 e. The molecule has 5 nitrogen and oxygen atoms in total. The van der Waals surface area contributed by atoms with Crippen LogP contribution in [0, 0.1) is 5.92 Å². The molecule has 1 saturated carbocycles. The summed E-state index contributed by atoms with van der Waals surface area (Å²) in [5, 5.41) is 3.62. The lowest BCUT2D eigenvalue weighted by Crippen LogP contribution is -2.59. The van der Waals surface area contributed by atoms with Crippen molar-refractivity contribution < 1.29 is 9.53 Å². The zero-order valence-electron chi connectivity index (χ0n) is 14.8. The highest BCUT2D eigenvalue weighted by Crippen LogP contribution is 2.30. The van der Waals surface area contributed by atoms with Gasteiger partial charge in [-0.2, -0.15) is 0 Å². The molecule has 23 heavy (non-hydrogen) atoms. The largest absolute Gasteiger partial charge is 0.468 e. The molecule has 3 aliphatic rings. The van der Waals surface area contributed by atoms with Crippen molar-refractivity contribution in [2.75, 3.05) is 33.4 Å². The molecule has 2 heterocycles. The van der Waals surface area contributed by atoms with Gasteiger partial charge in [-0.25, -0.2) is 0 Å². The Bertz CT molecular complexity index is 398. The Labute approximate surface area is 140 Å². The Hall–Kier alpha value is -0.650. The molecule has 0 aromatic heterocycles. The average Bonchev–Trinajstić information content (AvgIpc) is 2.97. The summed E-state index contributed by atoms with van der Waals surface area (Å²) in [6.45, 7) is 6.44. The van der Waals surface area contributed by atoms with E-state index >= 15 is 0 Å². The van der Waals surface area contributed by atoms with Gasteiger partial charge in [0.1, 0.15) is 6.04 Å². The molecule has 3 rings (SSSR count). The van der Waals surface area contributed by atoms with E-state index in [4.69, 9.17) is 4.74 Å². The first kappa shape index (κ1) is 17.2. The first-order valence-electron chi connectivity index (χ1n) is 9.52. The number of fused-ring (bicyclic) bond motifs is 1. The van der Waals surface area contributed by atoms with Gasteiger partial charge in [-0.3, -0.25) is 19.9 Å². The van der Waals surface area contributed by atoms with Crippen molar-refractivity contribution in [2.24, 2.45) is 5.92 Å². The van der Waals surface area contributed by atoms with E-state index in [1.807, 2.05) is 0 Å². The predicted octanol–water partition coefficient (Wildman–Crippen LogP) is 1.82. The molecule has 3 fully saturated rings. The molecule has 1 N–H and O–H groups in total. The lowest BCUT2D eigenvalue weighted by atomic mass is 9.86. The average molecular weight is 323 g/mol. The molecule has 0 radical (unpaired) electrons. The lowest BCUT2D eigenvalue weighted by molar-refractivity contribution is -0.149. The summed E-state index contributed by atoms with van der Waals surface area (Å²) in [6.07, 6.45) is 8.84. The first-order valence-corrected chi connectivity index (χ1v) is 9.52. The van der Waals surface area contributed by atoms with E-state index in [0.29, 0.717) is 12.1 Å². The molecule has 5 heteroatoms. The van der Waals surface area contributed by atoms with E-state index in [1.165, 1.54) is 45.6 Å². The third-order valence-corrected chi connectivity index (χ3v) is 6.03. The number of esters is 1. The van der Waals surface area contributed by atoms with Crippen LogP contribution >= 0.6 is 0 Å². The number of carbonyl (C=O) groups is 1. The van der Waals surface area contributed by atoms with E-state index in [2.05, 4.69) is 22.0 Å². The van der Waals surface area contributed by atoms with Gasteiger partial charge in [0.05, 0.1) is 7.11 Å². The van der Waals surface area contributed by atoms with Crippen molar-refractivity contribution >= 4 is 5.97 Å². The fourth-order valence-corrected chi connectivity index (χ4v) is 4.80. The minimum absolute atomic E-state index is 0.0463. The summed E-state index contributed by atoms with van der Waals surface area (Å²) in [7, 11) is 1.53. The van der Waals surface area contributed by atoms with Gasteiger partial charge in [-0.15, -0.1) is 0 Å². The van der Waals surface area contributed by atoms with E-state index < -0.39 is 0 Å². The molecule has 0 amide bonds. The third kappa shape index (κ3) is 3.89. The Morgan fingerprint density at radius 3 is 2.70 bits per heavy atom. The second-order valence-electron chi connectivity index (χ2n) is 7.58. The van der Waals surface area contributed by atoms with Crippen LogP contribution in [0.15, 0.2) is 0 Å². The Morgan fingerprint density at radius 1 is 1.22 bits per heavy atom. The molecular formula is C18H33N3O2. The number of ether oxygens (including phenoxy) is 1. The van der Waals surface area contributed by atoms with Gasteiger partial charge in [0, 0.05) is 31.8 Å². The van der Waals surface area contributed by atoms with Crippen LogP contribution in [0.4, 0.5) is 0 Å². The molecule has 2 saturated heterocycles.